The second-order valence-electron chi connectivity index (χ2n) is 3.96. The fourth-order valence-corrected chi connectivity index (χ4v) is 1.96. The fraction of sp³-hybridized carbons (Fsp3) is 0. The van der Waals surface area contributed by atoms with E-state index in [-0.39, 0.29) is 5.91 Å². The van der Waals surface area contributed by atoms with Gasteiger partial charge in [0, 0.05) is 5.56 Å². The standard InChI is InChI=1S/C13H9BrN4O/c14-12-4-2-9(6-15-12)18-13(19)8-1-3-10-11(5-8)17-7-16-10/h1-7H,(H,16,17)(H,18,19). The Balaban J connectivity index is 1.84. The molecule has 0 aliphatic heterocycles. The van der Waals surface area contributed by atoms with Gasteiger partial charge in [-0.3, -0.25) is 4.79 Å². The normalized spacial score (nSPS) is 10.6. The quantitative estimate of drug-likeness (QED) is 0.714. The number of hydrogen-bond donors (Lipinski definition) is 2. The maximum absolute atomic E-state index is 12.1. The number of carbonyl (C=O) groups excluding carboxylic acids is 1. The number of carbonyl (C=O) groups is 1. The molecule has 1 aromatic carbocycles. The number of benzene rings is 1. The van der Waals surface area contributed by atoms with Gasteiger partial charge < -0.3 is 10.3 Å². The third-order valence-corrected chi connectivity index (χ3v) is 3.14. The lowest BCUT2D eigenvalue weighted by Gasteiger charge is -2.04. The number of anilines is 1. The number of nitrogens with one attached hydrogen (secondary N) is 2. The zero-order valence-electron chi connectivity index (χ0n) is 9.72. The molecule has 2 aromatic heterocycles. The summed E-state index contributed by atoms with van der Waals surface area (Å²) in [4.78, 5) is 23.2. The number of aromatic amines is 1. The molecule has 94 valence electrons. The molecule has 6 heteroatoms. The molecular weight excluding hydrogens is 308 g/mol. The van der Waals surface area contributed by atoms with E-state index >= 15 is 0 Å². The molecule has 2 N–H and O–H groups in total. The second-order valence-corrected chi connectivity index (χ2v) is 4.77. The summed E-state index contributed by atoms with van der Waals surface area (Å²) in [6, 6.07) is 8.87. The van der Waals surface area contributed by atoms with Crippen molar-refractivity contribution in [1.29, 1.82) is 0 Å². The predicted octanol–water partition coefficient (Wildman–Crippen LogP) is 2.97. The van der Waals surface area contributed by atoms with E-state index in [1.54, 1.807) is 42.9 Å². The van der Waals surface area contributed by atoms with Crippen molar-refractivity contribution < 1.29 is 4.79 Å². The van der Waals surface area contributed by atoms with Gasteiger partial charge in [-0.2, -0.15) is 0 Å². The molecule has 0 unspecified atom stereocenters. The van der Waals surface area contributed by atoms with Crippen LogP contribution < -0.4 is 5.32 Å². The molecule has 0 radical (unpaired) electrons. The van der Waals surface area contributed by atoms with Crippen LogP contribution in [0, 0.1) is 0 Å². The lowest BCUT2D eigenvalue weighted by molar-refractivity contribution is 0.102. The number of H-pyrrole nitrogens is 1. The van der Waals surface area contributed by atoms with Gasteiger partial charge in [-0.25, -0.2) is 9.97 Å². The largest absolute Gasteiger partial charge is 0.345 e. The van der Waals surface area contributed by atoms with Gasteiger partial charge in [0.15, 0.2) is 0 Å². The molecule has 5 nitrogen and oxygen atoms in total. The number of pyridine rings is 1. The van der Waals surface area contributed by atoms with Gasteiger partial charge in [-0.15, -0.1) is 0 Å². The first-order chi connectivity index (χ1) is 9.22. The fourth-order valence-electron chi connectivity index (χ4n) is 1.73. The molecule has 0 bridgehead atoms. The van der Waals surface area contributed by atoms with Crippen molar-refractivity contribution in [2.75, 3.05) is 5.32 Å². The molecule has 3 aromatic rings. The summed E-state index contributed by atoms with van der Waals surface area (Å²) in [5, 5.41) is 2.79. The van der Waals surface area contributed by atoms with Gasteiger partial charge in [0.25, 0.3) is 5.91 Å². The predicted molar refractivity (Wildman–Crippen MR) is 76.0 cm³/mol. The van der Waals surface area contributed by atoms with Crippen LogP contribution in [0.15, 0.2) is 47.5 Å². The van der Waals surface area contributed by atoms with Crippen molar-refractivity contribution in [3.8, 4) is 0 Å². The second kappa shape index (κ2) is 4.81. The number of aromatic nitrogens is 3. The Kier molecular flexibility index (Phi) is 3.00. The van der Waals surface area contributed by atoms with E-state index in [2.05, 4.69) is 36.2 Å². The lowest BCUT2D eigenvalue weighted by Crippen LogP contribution is -2.11. The summed E-state index contributed by atoms with van der Waals surface area (Å²) in [6.45, 7) is 0. The SMILES string of the molecule is O=C(Nc1ccc(Br)nc1)c1ccc2nc[nH]c2c1. The van der Waals surface area contributed by atoms with E-state index in [0.717, 1.165) is 15.6 Å². The van der Waals surface area contributed by atoms with Crippen LogP contribution in [0.4, 0.5) is 5.69 Å². The maximum atomic E-state index is 12.1. The van der Waals surface area contributed by atoms with E-state index in [4.69, 9.17) is 0 Å². The number of nitrogens with zero attached hydrogens (tertiary/aromatic N) is 2. The summed E-state index contributed by atoms with van der Waals surface area (Å²) in [5.41, 5.74) is 2.89. The van der Waals surface area contributed by atoms with Crippen LogP contribution in [0.5, 0.6) is 0 Å². The van der Waals surface area contributed by atoms with Crippen molar-refractivity contribution in [2.24, 2.45) is 0 Å². The minimum atomic E-state index is -0.180. The summed E-state index contributed by atoms with van der Waals surface area (Å²) in [5.74, 6) is -0.180. The summed E-state index contributed by atoms with van der Waals surface area (Å²) in [6.07, 6.45) is 3.20. The number of hydrogen-bond acceptors (Lipinski definition) is 3. The smallest absolute Gasteiger partial charge is 0.255 e. The van der Waals surface area contributed by atoms with Crippen LogP contribution in [-0.4, -0.2) is 20.9 Å². The molecule has 0 aliphatic carbocycles. The van der Waals surface area contributed by atoms with E-state index in [0.29, 0.717) is 11.3 Å². The van der Waals surface area contributed by atoms with E-state index in [1.807, 2.05) is 0 Å². The first-order valence-electron chi connectivity index (χ1n) is 5.58. The van der Waals surface area contributed by atoms with Crippen LogP contribution in [0.25, 0.3) is 11.0 Å². The Morgan fingerprint density at radius 1 is 1.21 bits per heavy atom. The molecular formula is C13H9BrN4O. The summed E-state index contributed by atoms with van der Waals surface area (Å²) in [7, 11) is 0. The average Bonchev–Trinajstić information content (AvgIpc) is 2.88. The highest BCUT2D eigenvalue weighted by atomic mass is 79.9. The van der Waals surface area contributed by atoms with Crippen molar-refractivity contribution in [3.05, 3.63) is 53.0 Å². The Labute approximate surface area is 117 Å². The number of rotatable bonds is 2. The number of amides is 1. The van der Waals surface area contributed by atoms with Crippen LogP contribution in [0.1, 0.15) is 10.4 Å². The molecule has 0 atom stereocenters. The van der Waals surface area contributed by atoms with Crippen LogP contribution >= 0.6 is 15.9 Å². The van der Waals surface area contributed by atoms with Gasteiger partial charge in [0.2, 0.25) is 0 Å². The van der Waals surface area contributed by atoms with Crippen molar-refractivity contribution in [2.45, 2.75) is 0 Å². The molecule has 0 fully saturated rings. The number of halogens is 1. The first-order valence-corrected chi connectivity index (χ1v) is 6.38. The lowest BCUT2D eigenvalue weighted by atomic mass is 10.2. The molecule has 0 aliphatic rings. The monoisotopic (exact) mass is 316 g/mol. The zero-order chi connectivity index (χ0) is 13.2. The van der Waals surface area contributed by atoms with E-state index < -0.39 is 0 Å². The third kappa shape index (κ3) is 2.48. The van der Waals surface area contributed by atoms with Crippen molar-refractivity contribution in [3.63, 3.8) is 0 Å². The molecule has 0 saturated heterocycles. The zero-order valence-corrected chi connectivity index (χ0v) is 11.3. The highest BCUT2D eigenvalue weighted by Gasteiger charge is 2.08. The van der Waals surface area contributed by atoms with E-state index in [9.17, 15) is 4.79 Å². The topological polar surface area (TPSA) is 70.7 Å². The van der Waals surface area contributed by atoms with Crippen molar-refractivity contribution in [1.82, 2.24) is 15.0 Å². The van der Waals surface area contributed by atoms with E-state index in [1.165, 1.54) is 0 Å². The van der Waals surface area contributed by atoms with Gasteiger partial charge >= 0.3 is 0 Å². The molecule has 0 spiro atoms. The summed E-state index contributed by atoms with van der Waals surface area (Å²) < 4.78 is 0.726. The number of imidazole rings is 1. The van der Waals surface area contributed by atoms with Gasteiger partial charge in [-0.05, 0) is 46.3 Å². The van der Waals surface area contributed by atoms with Gasteiger partial charge in [0.1, 0.15) is 4.60 Å². The average molecular weight is 317 g/mol. The Hall–Kier alpha value is -2.21. The number of fused-ring (bicyclic) bond motifs is 1. The Bertz CT molecular complexity index is 736. The molecule has 3 rings (SSSR count). The van der Waals surface area contributed by atoms with Crippen LogP contribution in [0.3, 0.4) is 0 Å². The van der Waals surface area contributed by atoms with Crippen molar-refractivity contribution >= 4 is 38.6 Å². The molecule has 19 heavy (non-hydrogen) atoms. The first kappa shape index (κ1) is 11.9. The van der Waals surface area contributed by atoms with Gasteiger partial charge in [0.05, 0.1) is 29.2 Å². The molecule has 0 saturated carbocycles. The third-order valence-electron chi connectivity index (χ3n) is 2.67. The van der Waals surface area contributed by atoms with Crippen LogP contribution in [0.2, 0.25) is 0 Å². The molecule has 1 amide bonds. The maximum Gasteiger partial charge on any atom is 0.255 e. The Morgan fingerprint density at radius 2 is 2.11 bits per heavy atom. The minimum Gasteiger partial charge on any atom is -0.345 e. The minimum absolute atomic E-state index is 0.180. The Morgan fingerprint density at radius 3 is 2.89 bits per heavy atom. The van der Waals surface area contributed by atoms with Gasteiger partial charge in [-0.1, -0.05) is 0 Å². The highest BCUT2D eigenvalue weighted by molar-refractivity contribution is 9.10. The molecule has 2 heterocycles. The summed E-state index contributed by atoms with van der Waals surface area (Å²) >= 11 is 3.24. The van der Waals surface area contributed by atoms with Crippen LogP contribution in [-0.2, 0) is 0 Å². The highest BCUT2D eigenvalue weighted by Crippen LogP contribution is 2.15.